The topological polar surface area (TPSA) is 38.3 Å². The molecule has 1 unspecified atom stereocenters. The van der Waals surface area contributed by atoms with E-state index in [0.29, 0.717) is 6.42 Å². The van der Waals surface area contributed by atoms with Crippen molar-refractivity contribution in [3.8, 4) is 5.75 Å². The van der Waals surface area contributed by atoms with Gasteiger partial charge >= 0.3 is 0 Å². The molecule has 4 rings (SSSR count). The highest BCUT2D eigenvalue weighted by Crippen LogP contribution is 2.32. The van der Waals surface area contributed by atoms with Gasteiger partial charge in [-0.1, -0.05) is 78.9 Å². The standard InChI is InChI=1S/C23H21NO2/c1-23(18-11-4-2-5-12-18,19-13-6-3-7-14-19)24-22(25)21-16-17-10-8-9-15-20(17)26-21/h2-15,21H,16H2,1H3,(H,24,25). The van der Waals surface area contributed by atoms with Gasteiger partial charge in [0.25, 0.3) is 5.91 Å². The van der Waals surface area contributed by atoms with Crippen LogP contribution in [0, 0.1) is 0 Å². The van der Waals surface area contributed by atoms with E-state index in [2.05, 4.69) is 5.32 Å². The zero-order valence-electron chi connectivity index (χ0n) is 14.7. The lowest BCUT2D eigenvalue weighted by atomic mass is 9.84. The lowest BCUT2D eigenvalue weighted by Gasteiger charge is -2.33. The molecule has 1 aliphatic heterocycles. The summed E-state index contributed by atoms with van der Waals surface area (Å²) in [7, 11) is 0. The van der Waals surface area contributed by atoms with Crippen molar-refractivity contribution in [2.75, 3.05) is 0 Å². The average Bonchev–Trinajstić information content (AvgIpc) is 3.14. The van der Waals surface area contributed by atoms with E-state index in [0.717, 1.165) is 22.4 Å². The Morgan fingerprint density at radius 2 is 1.42 bits per heavy atom. The number of fused-ring (bicyclic) bond motifs is 1. The molecule has 0 bridgehead atoms. The molecular formula is C23H21NO2. The van der Waals surface area contributed by atoms with Gasteiger partial charge in [0.1, 0.15) is 5.75 Å². The maximum atomic E-state index is 13.0. The van der Waals surface area contributed by atoms with Crippen molar-refractivity contribution in [3.63, 3.8) is 0 Å². The van der Waals surface area contributed by atoms with Crippen molar-refractivity contribution in [2.24, 2.45) is 0 Å². The number of hydrogen-bond acceptors (Lipinski definition) is 2. The molecule has 0 saturated carbocycles. The summed E-state index contributed by atoms with van der Waals surface area (Å²) < 4.78 is 5.87. The number of para-hydroxylation sites is 1. The van der Waals surface area contributed by atoms with Gasteiger partial charge in [0, 0.05) is 6.42 Å². The van der Waals surface area contributed by atoms with Gasteiger partial charge in [0.15, 0.2) is 6.10 Å². The molecule has 0 radical (unpaired) electrons. The molecule has 1 heterocycles. The second-order valence-corrected chi connectivity index (χ2v) is 6.76. The maximum absolute atomic E-state index is 13.0. The second kappa shape index (κ2) is 6.68. The van der Waals surface area contributed by atoms with Crippen LogP contribution in [0.3, 0.4) is 0 Å². The zero-order chi connectivity index (χ0) is 18.0. The van der Waals surface area contributed by atoms with Crippen molar-refractivity contribution < 1.29 is 9.53 Å². The highest BCUT2D eigenvalue weighted by atomic mass is 16.5. The Bertz CT molecular complexity index is 841. The van der Waals surface area contributed by atoms with Gasteiger partial charge in [0.05, 0.1) is 5.54 Å². The first kappa shape index (κ1) is 16.4. The molecule has 3 heteroatoms. The third kappa shape index (κ3) is 2.97. The van der Waals surface area contributed by atoms with Crippen LogP contribution in [-0.2, 0) is 16.8 Å². The smallest absolute Gasteiger partial charge is 0.262 e. The van der Waals surface area contributed by atoms with Crippen LogP contribution >= 0.6 is 0 Å². The molecule has 3 aromatic rings. The number of benzene rings is 3. The van der Waals surface area contributed by atoms with Gasteiger partial charge < -0.3 is 10.1 Å². The normalized spacial score (nSPS) is 15.8. The molecule has 0 fully saturated rings. The summed E-state index contributed by atoms with van der Waals surface area (Å²) in [4.78, 5) is 13.0. The summed E-state index contributed by atoms with van der Waals surface area (Å²) in [5.74, 6) is 0.699. The van der Waals surface area contributed by atoms with E-state index < -0.39 is 11.6 Å². The van der Waals surface area contributed by atoms with Crippen molar-refractivity contribution in [3.05, 3.63) is 102 Å². The minimum atomic E-state index is -0.627. The minimum absolute atomic E-state index is 0.101. The predicted molar refractivity (Wildman–Crippen MR) is 102 cm³/mol. The van der Waals surface area contributed by atoms with Gasteiger partial charge in [-0.2, -0.15) is 0 Å². The van der Waals surface area contributed by atoms with Crippen LogP contribution in [0.5, 0.6) is 5.75 Å². The second-order valence-electron chi connectivity index (χ2n) is 6.76. The molecule has 0 spiro atoms. The first-order valence-electron chi connectivity index (χ1n) is 8.84. The molecule has 0 aromatic heterocycles. The van der Waals surface area contributed by atoms with Crippen LogP contribution in [0.1, 0.15) is 23.6 Å². The Labute approximate surface area is 153 Å². The Morgan fingerprint density at radius 3 is 2.00 bits per heavy atom. The minimum Gasteiger partial charge on any atom is -0.480 e. The van der Waals surface area contributed by atoms with Crippen LogP contribution in [0.15, 0.2) is 84.9 Å². The molecule has 130 valence electrons. The number of rotatable bonds is 4. The highest BCUT2D eigenvalue weighted by molar-refractivity contribution is 5.84. The van der Waals surface area contributed by atoms with Crippen molar-refractivity contribution in [1.29, 1.82) is 0 Å². The first-order chi connectivity index (χ1) is 12.7. The summed E-state index contributed by atoms with van der Waals surface area (Å²) in [6, 6.07) is 27.9. The number of hydrogen-bond donors (Lipinski definition) is 1. The fraction of sp³-hybridized carbons (Fsp3) is 0.174. The van der Waals surface area contributed by atoms with Crippen LogP contribution < -0.4 is 10.1 Å². The monoisotopic (exact) mass is 343 g/mol. The third-order valence-corrected chi connectivity index (χ3v) is 5.02. The summed E-state index contributed by atoms with van der Waals surface area (Å²) >= 11 is 0. The summed E-state index contributed by atoms with van der Waals surface area (Å²) in [5, 5.41) is 3.24. The quantitative estimate of drug-likeness (QED) is 0.775. The van der Waals surface area contributed by atoms with E-state index in [4.69, 9.17) is 4.74 Å². The van der Waals surface area contributed by atoms with E-state index in [1.807, 2.05) is 91.9 Å². The van der Waals surface area contributed by atoms with Gasteiger partial charge in [-0.25, -0.2) is 0 Å². The first-order valence-corrected chi connectivity index (χ1v) is 8.84. The largest absolute Gasteiger partial charge is 0.480 e. The molecule has 0 saturated heterocycles. The van der Waals surface area contributed by atoms with Crippen LogP contribution in [0.25, 0.3) is 0 Å². The number of ether oxygens (including phenoxy) is 1. The fourth-order valence-electron chi connectivity index (χ4n) is 3.51. The third-order valence-electron chi connectivity index (χ3n) is 5.02. The summed E-state index contributed by atoms with van der Waals surface area (Å²) in [6.45, 7) is 2.04. The van der Waals surface area contributed by atoms with Crippen LogP contribution in [-0.4, -0.2) is 12.0 Å². The van der Waals surface area contributed by atoms with E-state index in [1.165, 1.54) is 0 Å². The Kier molecular flexibility index (Phi) is 4.21. The number of nitrogens with one attached hydrogen (secondary N) is 1. The highest BCUT2D eigenvalue weighted by Gasteiger charge is 2.36. The van der Waals surface area contributed by atoms with Crippen LogP contribution in [0.4, 0.5) is 0 Å². The van der Waals surface area contributed by atoms with E-state index in [9.17, 15) is 4.79 Å². The van der Waals surface area contributed by atoms with Gasteiger partial charge in [0.2, 0.25) is 0 Å². The van der Waals surface area contributed by atoms with Crippen molar-refractivity contribution in [2.45, 2.75) is 25.0 Å². The molecule has 26 heavy (non-hydrogen) atoms. The Balaban J connectivity index is 1.63. The van der Waals surface area contributed by atoms with Crippen LogP contribution in [0.2, 0.25) is 0 Å². The Morgan fingerprint density at radius 1 is 0.885 bits per heavy atom. The zero-order valence-corrected chi connectivity index (χ0v) is 14.7. The van der Waals surface area contributed by atoms with E-state index in [-0.39, 0.29) is 5.91 Å². The van der Waals surface area contributed by atoms with Gasteiger partial charge in [-0.15, -0.1) is 0 Å². The molecular weight excluding hydrogens is 322 g/mol. The molecule has 0 aliphatic carbocycles. The predicted octanol–water partition coefficient (Wildman–Crippen LogP) is 4.07. The van der Waals surface area contributed by atoms with E-state index >= 15 is 0 Å². The lowest BCUT2D eigenvalue weighted by Crippen LogP contribution is -2.49. The molecule has 1 amide bonds. The summed E-state index contributed by atoms with van der Waals surface area (Å²) in [6.07, 6.45) is 0.0981. The van der Waals surface area contributed by atoms with Gasteiger partial charge in [-0.3, -0.25) is 4.79 Å². The molecule has 3 nitrogen and oxygen atoms in total. The number of carbonyl (C=O) groups excluding carboxylic acids is 1. The number of carbonyl (C=O) groups is 1. The number of amides is 1. The lowest BCUT2D eigenvalue weighted by molar-refractivity contribution is -0.128. The van der Waals surface area contributed by atoms with Crippen molar-refractivity contribution >= 4 is 5.91 Å². The van der Waals surface area contributed by atoms with Gasteiger partial charge in [-0.05, 0) is 29.7 Å². The molecule has 1 atom stereocenters. The SMILES string of the molecule is CC(NC(=O)C1Cc2ccccc2O1)(c1ccccc1)c1ccccc1. The van der Waals surface area contributed by atoms with Crippen molar-refractivity contribution in [1.82, 2.24) is 5.32 Å². The fourth-order valence-corrected chi connectivity index (χ4v) is 3.51. The average molecular weight is 343 g/mol. The molecule has 3 aromatic carbocycles. The summed E-state index contributed by atoms with van der Waals surface area (Å²) in [5.41, 5.74) is 2.52. The maximum Gasteiger partial charge on any atom is 0.262 e. The molecule has 1 N–H and O–H groups in total. The Hall–Kier alpha value is -3.07. The van der Waals surface area contributed by atoms with E-state index in [1.54, 1.807) is 0 Å². The molecule has 1 aliphatic rings.